The summed E-state index contributed by atoms with van der Waals surface area (Å²) >= 11 is 0. The number of carbonyl (C=O) groups is 2. The second kappa shape index (κ2) is 11.2. The molecule has 2 aliphatic rings. The van der Waals surface area contributed by atoms with Gasteiger partial charge in [0.15, 0.2) is 11.6 Å². The number of carbonyl (C=O) groups excluding carboxylic acids is 2. The van der Waals surface area contributed by atoms with Crippen LogP contribution in [0.3, 0.4) is 0 Å². The Morgan fingerprint density at radius 3 is 2.10 bits per heavy atom. The van der Waals surface area contributed by atoms with Crippen LogP contribution < -0.4 is 0 Å². The van der Waals surface area contributed by atoms with E-state index in [4.69, 9.17) is 0 Å². The zero-order chi connectivity index (χ0) is 22.1. The topological polar surface area (TPSA) is 34.1 Å². The van der Waals surface area contributed by atoms with Gasteiger partial charge in [0.2, 0.25) is 0 Å². The molecule has 0 unspecified atom stereocenters. The molecule has 1 fully saturated rings. The molecule has 0 aromatic rings. The summed E-state index contributed by atoms with van der Waals surface area (Å²) in [4.78, 5) is 24.4. The quantitative estimate of drug-likeness (QED) is 0.268. The lowest BCUT2D eigenvalue weighted by atomic mass is 9.72. The van der Waals surface area contributed by atoms with Crippen molar-refractivity contribution in [2.24, 2.45) is 5.41 Å². The first-order chi connectivity index (χ1) is 14.2. The number of hydrogen-bond donors (Lipinski definition) is 0. The molecular formula is C28H38O2. The average Bonchev–Trinajstić information content (AvgIpc) is 2.65. The number of Topliss-reactive ketones (excluding diaryl/α,β-unsaturated/α-hetero) is 2. The van der Waals surface area contributed by atoms with Gasteiger partial charge in [-0.25, -0.2) is 0 Å². The van der Waals surface area contributed by atoms with E-state index < -0.39 is 0 Å². The van der Waals surface area contributed by atoms with E-state index in [1.54, 1.807) is 6.08 Å². The standard InChI is InChI=1S/C28H38O2/c1-21(16-18-24-26(29)14-7-6-8-15-27(24)30)11-9-12-22(2)17-19-25-23(3)13-10-20-28(25,4)5/h9,11-12,16-19H,6-8,10,13-15,20H2,1-5H3/b11-9+,19-17+,21-16+,22-12+. The van der Waals surface area contributed by atoms with Gasteiger partial charge in [-0.1, -0.05) is 73.4 Å². The summed E-state index contributed by atoms with van der Waals surface area (Å²) < 4.78 is 0. The smallest absolute Gasteiger partial charge is 0.166 e. The SMILES string of the molecule is CC1=C(/C=C/C(C)=C/C=C/C(C)=C/C=C2C(=O)CCCCCC2=O)C(C)(C)CCC1. The maximum atomic E-state index is 12.2. The predicted molar refractivity (Wildman–Crippen MR) is 127 cm³/mol. The lowest BCUT2D eigenvalue weighted by Crippen LogP contribution is -2.19. The van der Waals surface area contributed by atoms with Crippen molar-refractivity contribution in [1.82, 2.24) is 0 Å². The van der Waals surface area contributed by atoms with Crippen LogP contribution in [-0.2, 0) is 9.59 Å². The first-order valence-corrected chi connectivity index (χ1v) is 11.4. The van der Waals surface area contributed by atoms with Crippen molar-refractivity contribution in [2.45, 2.75) is 86.0 Å². The molecule has 0 aliphatic heterocycles. The number of hydrogen-bond acceptors (Lipinski definition) is 2. The van der Waals surface area contributed by atoms with Crippen LogP contribution in [0.1, 0.15) is 86.0 Å². The van der Waals surface area contributed by atoms with E-state index in [2.05, 4.69) is 45.9 Å². The van der Waals surface area contributed by atoms with Crippen molar-refractivity contribution in [1.29, 1.82) is 0 Å². The highest BCUT2D eigenvalue weighted by Gasteiger charge is 2.26. The van der Waals surface area contributed by atoms with Gasteiger partial charge in [0.25, 0.3) is 0 Å². The largest absolute Gasteiger partial charge is 0.294 e. The molecule has 0 radical (unpaired) electrons. The van der Waals surface area contributed by atoms with E-state index in [0.717, 1.165) is 24.8 Å². The lowest BCUT2D eigenvalue weighted by Gasteiger charge is -2.32. The second-order valence-electron chi connectivity index (χ2n) is 9.43. The first kappa shape index (κ1) is 24.1. The van der Waals surface area contributed by atoms with E-state index >= 15 is 0 Å². The van der Waals surface area contributed by atoms with Gasteiger partial charge in [0, 0.05) is 12.8 Å². The summed E-state index contributed by atoms with van der Waals surface area (Å²) in [7, 11) is 0. The maximum absolute atomic E-state index is 12.2. The highest BCUT2D eigenvalue weighted by atomic mass is 16.1. The summed E-state index contributed by atoms with van der Waals surface area (Å²) in [5.74, 6) is -0.0207. The summed E-state index contributed by atoms with van der Waals surface area (Å²) in [5, 5.41) is 0. The average molecular weight is 407 g/mol. The molecule has 0 heterocycles. The van der Waals surface area contributed by atoms with E-state index in [1.807, 2.05) is 25.2 Å². The maximum Gasteiger partial charge on any atom is 0.166 e. The third-order valence-electron chi connectivity index (χ3n) is 6.19. The normalized spacial score (nSPS) is 22.1. The van der Waals surface area contributed by atoms with Crippen LogP contribution >= 0.6 is 0 Å². The van der Waals surface area contributed by atoms with E-state index in [1.165, 1.54) is 36.0 Å². The minimum atomic E-state index is -0.0103. The Labute approximate surface area is 183 Å². The molecule has 0 N–H and O–H groups in total. The molecular weight excluding hydrogens is 368 g/mol. The van der Waals surface area contributed by atoms with Crippen LogP contribution in [0, 0.1) is 5.41 Å². The highest BCUT2D eigenvalue weighted by Crippen LogP contribution is 2.40. The molecule has 0 bridgehead atoms. The van der Waals surface area contributed by atoms with Gasteiger partial charge in [-0.2, -0.15) is 0 Å². The molecule has 0 aromatic heterocycles. The Hall–Kier alpha value is -2.22. The van der Waals surface area contributed by atoms with Crippen molar-refractivity contribution in [3.63, 3.8) is 0 Å². The molecule has 2 rings (SSSR count). The van der Waals surface area contributed by atoms with E-state index in [9.17, 15) is 9.59 Å². The van der Waals surface area contributed by atoms with Gasteiger partial charge in [-0.3, -0.25) is 9.59 Å². The molecule has 2 nitrogen and oxygen atoms in total. The number of allylic oxidation sites excluding steroid dienone is 12. The number of ketones is 2. The molecule has 0 spiro atoms. The van der Waals surface area contributed by atoms with E-state index in [0.29, 0.717) is 18.4 Å². The molecule has 0 aromatic carbocycles. The van der Waals surface area contributed by atoms with Crippen molar-refractivity contribution < 1.29 is 9.59 Å². The zero-order valence-corrected chi connectivity index (χ0v) is 19.5. The van der Waals surface area contributed by atoms with Gasteiger partial charge >= 0.3 is 0 Å². The Balaban J connectivity index is 2.04. The minimum Gasteiger partial charge on any atom is -0.294 e. The van der Waals surface area contributed by atoms with Crippen LogP contribution in [0.4, 0.5) is 0 Å². The molecule has 0 saturated heterocycles. The van der Waals surface area contributed by atoms with Crippen molar-refractivity contribution in [3.8, 4) is 0 Å². The molecule has 30 heavy (non-hydrogen) atoms. The highest BCUT2D eigenvalue weighted by molar-refractivity contribution is 6.20. The summed E-state index contributed by atoms with van der Waals surface area (Å²) in [6, 6.07) is 0. The third kappa shape index (κ3) is 7.23. The first-order valence-electron chi connectivity index (χ1n) is 11.4. The Morgan fingerprint density at radius 2 is 1.47 bits per heavy atom. The number of rotatable bonds is 5. The lowest BCUT2D eigenvalue weighted by molar-refractivity contribution is -0.122. The molecule has 2 heteroatoms. The molecule has 2 aliphatic carbocycles. The fraction of sp³-hybridized carbons (Fsp3) is 0.500. The minimum absolute atomic E-state index is 0.0103. The van der Waals surface area contributed by atoms with Crippen LogP contribution in [0.5, 0.6) is 0 Å². The van der Waals surface area contributed by atoms with Gasteiger partial charge in [0.05, 0.1) is 5.57 Å². The zero-order valence-electron chi connectivity index (χ0n) is 19.5. The monoisotopic (exact) mass is 406 g/mol. The van der Waals surface area contributed by atoms with Crippen LogP contribution in [0.25, 0.3) is 0 Å². The summed E-state index contributed by atoms with van der Waals surface area (Å²) in [6.45, 7) is 11.0. The third-order valence-corrected chi connectivity index (χ3v) is 6.19. The van der Waals surface area contributed by atoms with Crippen molar-refractivity contribution in [3.05, 3.63) is 70.4 Å². The Morgan fingerprint density at radius 1 is 0.833 bits per heavy atom. The Kier molecular flexibility index (Phi) is 9.02. The van der Waals surface area contributed by atoms with Crippen LogP contribution in [-0.4, -0.2) is 11.6 Å². The molecule has 162 valence electrons. The molecule has 0 amide bonds. The fourth-order valence-electron chi connectivity index (χ4n) is 4.26. The summed E-state index contributed by atoms with van der Waals surface area (Å²) in [6.07, 6.45) is 21.7. The van der Waals surface area contributed by atoms with Crippen LogP contribution in [0.15, 0.2) is 70.4 Å². The van der Waals surface area contributed by atoms with Gasteiger partial charge in [-0.05, 0) is 69.9 Å². The van der Waals surface area contributed by atoms with E-state index in [-0.39, 0.29) is 17.0 Å². The Bertz CT molecular complexity index is 818. The van der Waals surface area contributed by atoms with Gasteiger partial charge in [0.1, 0.15) is 0 Å². The fourth-order valence-corrected chi connectivity index (χ4v) is 4.26. The summed E-state index contributed by atoms with van der Waals surface area (Å²) in [5.41, 5.74) is 5.83. The van der Waals surface area contributed by atoms with Gasteiger partial charge < -0.3 is 0 Å². The molecule has 0 atom stereocenters. The predicted octanol–water partition coefficient (Wildman–Crippen LogP) is 7.55. The van der Waals surface area contributed by atoms with Crippen molar-refractivity contribution >= 4 is 11.6 Å². The molecule has 1 saturated carbocycles. The van der Waals surface area contributed by atoms with Crippen LogP contribution in [0.2, 0.25) is 0 Å². The van der Waals surface area contributed by atoms with Crippen molar-refractivity contribution in [2.75, 3.05) is 0 Å². The van der Waals surface area contributed by atoms with Gasteiger partial charge in [-0.15, -0.1) is 0 Å². The second-order valence-corrected chi connectivity index (χ2v) is 9.43.